The lowest BCUT2D eigenvalue weighted by atomic mass is 9.81. The zero-order chi connectivity index (χ0) is 15.9. The monoisotopic (exact) mass is 317 g/mol. The summed E-state index contributed by atoms with van der Waals surface area (Å²) in [6.45, 7) is 2.50. The van der Waals surface area contributed by atoms with Gasteiger partial charge < -0.3 is 10.5 Å². The first-order chi connectivity index (χ1) is 10.7. The van der Waals surface area contributed by atoms with Gasteiger partial charge in [0.15, 0.2) is 0 Å². The molecule has 0 heterocycles. The Balaban J connectivity index is 2.41. The molecule has 2 N–H and O–H groups in total. The molecule has 0 aliphatic heterocycles. The average Bonchev–Trinajstić information content (AvgIpc) is 2.54. The van der Waals surface area contributed by atoms with E-state index in [1.807, 2.05) is 54.6 Å². The molecule has 0 spiro atoms. The second kappa shape index (κ2) is 7.97. The number of hydrogen-bond donors (Lipinski definition) is 1. The number of hydrogen-bond acceptors (Lipinski definition) is 3. The molecule has 2 aromatic rings. The lowest BCUT2D eigenvalue weighted by Crippen LogP contribution is -2.28. The van der Waals surface area contributed by atoms with Crippen molar-refractivity contribution < 1.29 is 9.53 Å². The Bertz CT molecular complexity index is 598. The molecule has 0 aliphatic carbocycles. The first kappa shape index (κ1) is 16.5. The van der Waals surface area contributed by atoms with Crippen LogP contribution in [0.3, 0.4) is 0 Å². The van der Waals surface area contributed by atoms with Gasteiger partial charge in [0.05, 0.1) is 12.5 Å². The fourth-order valence-corrected chi connectivity index (χ4v) is 2.73. The Hall–Kier alpha value is -1.84. The fourth-order valence-electron chi connectivity index (χ4n) is 2.60. The van der Waals surface area contributed by atoms with Crippen molar-refractivity contribution in [3.8, 4) is 0 Å². The van der Waals surface area contributed by atoms with Crippen molar-refractivity contribution in [2.45, 2.75) is 18.8 Å². The van der Waals surface area contributed by atoms with E-state index in [4.69, 9.17) is 22.1 Å². The van der Waals surface area contributed by atoms with Crippen molar-refractivity contribution in [3.05, 3.63) is 70.7 Å². The second-order valence-corrected chi connectivity index (χ2v) is 5.47. The zero-order valence-electron chi connectivity index (χ0n) is 12.5. The summed E-state index contributed by atoms with van der Waals surface area (Å²) in [5, 5.41) is 0.659. The van der Waals surface area contributed by atoms with E-state index in [2.05, 4.69) is 0 Å². The highest BCUT2D eigenvalue weighted by molar-refractivity contribution is 6.30. The normalized spacial score (nSPS) is 13.4. The Morgan fingerprint density at radius 1 is 1.09 bits per heavy atom. The number of ether oxygens (including phenoxy) is 1. The van der Waals surface area contributed by atoms with E-state index in [0.717, 1.165) is 11.1 Å². The molecule has 22 heavy (non-hydrogen) atoms. The molecule has 2 atom stereocenters. The predicted octanol–water partition coefficient (Wildman–Crippen LogP) is 3.73. The van der Waals surface area contributed by atoms with Gasteiger partial charge in [-0.3, -0.25) is 4.79 Å². The van der Waals surface area contributed by atoms with Crippen molar-refractivity contribution >= 4 is 17.6 Å². The van der Waals surface area contributed by atoms with E-state index in [1.54, 1.807) is 6.92 Å². The molecular formula is C18H20ClNO2. The Labute approximate surface area is 136 Å². The molecule has 0 aliphatic rings. The van der Waals surface area contributed by atoms with E-state index >= 15 is 0 Å². The van der Waals surface area contributed by atoms with Crippen LogP contribution < -0.4 is 5.73 Å². The Kier molecular flexibility index (Phi) is 5.99. The van der Waals surface area contributed by atoms with Crippen LogP contribution >= 0.6 is 11.6 Å². The van der Waals surface area contributed by atoms with Crippen LogP contribution in [0.1, 0.15) is 29.9 Å². The molecule has 0 saturated heterocycles. The van der Waals surface area contributed by atoms with Crippen molar-refractivity contribution in [1.82, 2.24) is 0 Å². The van der Waals surface area contributed by atoms with Gasteiger partial charge in [-0.1, -0.05) is 54.1 Å². The summed E-state index contributed by atoms with van der Waals surface area (Å²) in [5.41, 5.74) is 7.86. The molecule has 2 aromatic carbocycles. The Morgan fingerprint density at radius 3 is 2.27 bits per heavy atom. The molecular weight excluding hydrogens is 298 g/mol. The van der Waals surface area contributed by atoms with E-state index in [0.29, 0.717) is 18.2 Å². The van der Waals surface area contributed by atoms with Gasteiger partial charge >= 0.3 is 5.97 Å². The minimum Gasteiger partial charge on any atom is -0.466 e. The molecule has 2 rings (SSSR count). The van der Waals surface area contributed by atoms with Crippen molar-refractivity contribution in [2.75, 3.05) is 13.2 Å². The molecule has 2 unspecified atom stereocenters. The Morgan fingerprint density at radius 2 is 1.73 bits per heavy atom. The number of carbonyl (C=O) groups is 1. The summed E-state index contributed by atoms with van der Waals surface area (Å²) in [5.74, 6) is -0.829. The van der Waals surface area contributed by atoms with Gasteiger partial charge in [-0.15, -0.1) is 0 Å². The minimum atomic E-state index is -0.424. The number of nitrogens with two attached hydrogens (primary N) is 1. The summed E-state index contributed by atoms with van der Waals surface area (Å²) in [6, 6.07) is 17.1. The van der Waals surface area contributed by atoms with Crippen molar-refractivity contribution in [1.29, 1.82) is 0 Å². The number of esters is 1. The average molecular weight is 318 g/mol. The maximum atomic E-state index is 12.5. The summed E-state index contributed by atoms with van der Waals surface area (Å²) < 4.78 is 5.27. The summed E-state index contributed by atoms with van der Waals surface area (Å²) >= 11 is 5.95. The highest BCUT2D eigenvalue weighted by Gasteiger charge is 2.31. The topological polar surface area (TPSA) is 52.3 Å². The lowest BCUT2D eigenvalue weighted by Gasteiger charge is -2.25. The molecule has 0 bridgehead atoms. The number of carbonyl (C=O) groups excluding carboxylic acids is 1. The number of rotatable bonds is 6. The maximum absolute atomic E-state index is 12.5. The highest BCUT2D eigenvalue weighted by atomic mass is 35.5. The summed E-state index contributed by atoms with van der Waals surface area (Å²) in [7, 11) is 0. The van der Waals surface area contributed by atoms with Gasteiger partial charge in [-0.25, -0.2) is 0 Å². The predicted molar refractivity (Wildman–Crippen MR) is 89.1 cm³/mol. The van der Waals surface area contributed by atoms with Gasteiger partial charge in [-0.05, 0) is 30.2 Å². The number of benzene rings is 2. The van der Waals surface area contributed by atoms with Gasteiger partial charge in [0.1, 0.15) is 0 Å². The minimum absolute atomic E-state index is 0.154. The van der Waals surface area contributed by atoms with E-state index in [9.17, 15) is 4.79 Å². The highest BCUT2D eigenvalue weighted by Crippen LogP contribution is 2.34. The van der Waals surface area contributed by atoms with Crippen LogP contribution in [0.2, 0.25) is 5.02 Å². The standard InChI is InChI=1S/C18H20ClNO2/c1-2-22-18(21)17(14-6-4-3-5-7-14)16(12-20)13-8-10-15(19)11-9-13/h3-11,16-17H,2,12,20H2,1H3. The van der Waals surface area contributed by atoms with Crippen LogP contribution in [-0.4, -0.2) is 19.1 Å². The van der Waals surface area contributed by atoms with Gasteiger partial charge in [0.25, 0.3) is 0 Å². The van der Waals surface area contributed by atoms with E-state index in [-0.39, 0.29) is 11.9 Å². The first-order valence-corrected chi connectivity index (χ1v) is 7.72. The lowest BCUT2D eigenvalue weighted by molar-refractivity contribution is -0.145. The second-order valence-electron chi connectivity index (χ2n) is 5.03. The van der Waals surface area contributed by atoms with Crippen LogP contribution in [0.15, 0.2) is 54.6 Å². The van der Waals surface area contributed by atoms with Crippen LogP contribution in [0.4, 0.5) is 0 Å². The van der Waals surface area contributed by atoms with Crippen LogP contribution in [-0.2, 0) is 9.53 Å². The molecule has 0 saturated carbocycles. The maximum Gasteiger partial charge on any atom is 0.314 e. The molecule has 0 radical (unpaired) electrons. The van der Waals surface area contributed by atoms with E-state index in [1.165, 1.54) is 0 Å². The SMILES string of the molecule is CCOC(=O)C(c1ccccc1)C(CN)c1ccc(Cl)cc1. The molecule has 0 fully saturated rings. The third-order valence-corrected chi connectivity index (χ3v) is 3.91. The van der Waals surface area contributed by atoms with Crippen LogP contribution in [0.25, 0.3) is 0 Å². The molecule has 0 aromatic heterocycles. The summed E-state index contributed by atoms with van der Waals surface area (Å²) in [4.78, 5) is 12.5. The molecule has 116 valence electrons. The van der Waals surface area contributed by atoms with Crippen molar-refractivity contribution in [3.63, 3.8) is 0 Å². The molecule has 0 amide bonds. The van der Waals surface area contributed by atoms with Gasteiger partial charge in [-0.2, -0.15) is 0 Å². The van der Waals surface area contributed by atoms with Gasteiger partial charge in [0.2, 0.25) is 0 Å². The fraction of sp³-hybridized carbons (Fsp3) is 0.278. The third-order valence-electron chi connectivity index (χ3n) is 3.65. The largest absolute Gasteiger partial charge is 0.466 e. The van der Waals surface area contributed by atoms with Crippen LogP contribution in [0.5, 0.6) is 0 Å². The van der Waals surface area contributed by atoms with Crippen molar-refractivity contribution in [2.24, 2.45) is 5.73 Å². The van der Waals surface area contributed by atoms with Gasteiger partial charge in [0, 0.05) is 17.5 Å². The zero-order valence-corrected chi connectivity index (χ0v) is 13.3. The van der Waals surface area contributed by atoms with Crippen LogP contribution in [0, 0.1) is 0 Å². The first-order valence-electron chi connectivity index (χ1n) is 7.34. The summed E-state index contributed by atoms with van der Waals surface area (Å²) in [6.07, 6.45) is 0. The van der Waals surface area contributed by atoms with E-state index < -0.39 is 5.92 Å². The number of halogens is 1. The smallest absolute Gasteiger partial charge is 0.314 e. The molecule has 3 nitrogen and oxygen atoms in total. The quantitative estimate of drug-likeness (QED) is 0.826. The molecule has 4 heteroatoms. The third kappa shape index (κ3) is 3.87.